The third kappa shape index (κ3) is 4.56. The number of aromatic nitrogens is 3. The normalized spacial score (nSPS) is 15.9. The van der Waals surface area contributed by atoms with Gasteiger partial charge in [0.15, 0.2) is 11.5 Å². The first-order valence-corrected chi connectivity index (χ1v) is 9.79. The van der Waals surface area contributed by atoms with E-state index in [-0.39, 0.29) is 17.6 Å². The molecular formula is C20H27N5O3. The number of rotatable bonds is 6. The Labute approximate surface area is 163 Å². The number of aromatic amines is 1. The van der Waals surface area contributed by atoms with Crippen LogP contribution in [0.25, 0.3) is 11.5 Å². The lowest BCUT2D eigenvalue weighted by Crippen LogP contribution is -2.39. The Hall–Kier alpha value is -2.74. The van der Waals surface area contributed by atoms with Crippen molar-refractivity contribution in [1.29, 1.82) is 0 Å². The number of hydrogen-bond donors (Lipinski definition) is 4. The molecule has 2 heterocycles. The van der Waals surface area contributed by atoms with Gasteiger partial charge in [0.05, 0.1) is 0 Å². The SMILES string of the molecule is CC(NC(=O)c1nc(-c2cc(CCN)ccn2)[nH]c(=O)c1O)C1CCCCC1. The molecule has 150 valence electrons. The van der Waals surface area contributed by atoms with Gasteiger partial charge in [0.2, 0.25) is 5.75 Å². The van der Waals surface area contributed by atoms with Crippen molar-refractivity contribution in [1.82, 2.24) is 20.3 Å². The molecule has 0 saturated heterocycles. The molecule has 1 amide bonds. The number of nitrogens with zero attached hydrogens (tertiary/aromatic N) is 2. The number of hydrogen-bond acceptors (Lipinski definition) is 6. The van der Waals surface area contributed by atoms with Gasteiger partial charge in [-0.2, -0.15) is 0 Å². The lowest BCUT2D eigenvalue weighted by atomic mass is 9.84. The van der Waals surface area contributed by atoms with Gasteiger partial charge in [0.1, 0.15) is 5.69 Å². The van der Waals surface area contributed by atoms with Crippen molar-refractivity contribution in [2.24, 2.45) is 11.7 Å². The van der Waals surface area contributed by atoms with Crippen LogP contribution in [-0.4, -0.2) is 38.6 Å². The lowest BCUT2D eigenvalue weighted by molar-refractivity contribution is 0.0911. The van der Waals surface area contributed by atoms with Crippen LogP contribution in [0.3, 0.4) is 0 Å². The average Bonchev–Trinajstić information content (AvgIpc) is 2.71. The molecule has 1 saturated carbocycles. The van der Waals surface area contributed by atoms with Crippen LogP contribution in [0, 0.1) is 5.92 Å². The summed E-state index contributed by atoms with van der Waals surface area (Å²) in [6.45, 7) is 2.44. The topological polar surface area (TPSA) is 134 Å². The molecule has 1 atom stereocenters. The van der Waals surface area contributed by atoms with Gasteiger partial charge in [-0.15, -0.1) is 0 Å². The fourth-order valence-corrected chi connectivity index (χ4v) is 3.70. The molecule has 0 bridgehead atoms. The average molecular weight is 385 g/mol. The summed E-state index contributed by atoms with van der Waals surface area (Å²) >= 11 is 0. The number of nitrogens with two attached hydrogens (primary N) is 1. The van der Waals surface area contributed by atoms with E-state index in [1.54, 1.807) is 12.3 Å². The van der Waals surface area contributed by atoms with Gasteiger partial charge in [0.25, 0.3) is 11.5 Å². The summed E-state index contributed by atoms with van der Waals surface area (Å²) in [6, 6.07) is 3.53. The third-order valence-electron chi connectivity index (χ3n) is 5.33. The summed E-state index contributed by atoms with van der Waals surface area (Å²) in [5.74, 6) is -0.704. The zero-order valence-corrected chi connectivity index (χ0v) is 16.1. The summed E-state index contributed by atoms with van der Waals surface area (Å²) in [5.41, 5.74) is 5.89. The van der Waals surface area contributed by atoms with Crippen LogP contribution in [0.5, 0.6) is 5.75 Å². The van der Waals surface area contributed by atoms with E-state index in [1.165, 1.54) is 6.42 Å². The second-order valence-electron chi connectivity index (χ2n) is 7.36. The first-order valence-electron chi connectivity index (χ1n) is 9.79. The first-order chi connectivity index (χ1) is 13.5. The molecule has 5 N–H and O–H groups in total. The van der Waals surface area contributed by atoms with Crippen molar-refractivity contribution >= 4 is 5.91 Å². The van der Waals surface area contributed by atoms with E-state index in [1.807, 2.05) is 13.0 Å². The van der Waals surface area contributed by atoms with Crippen molar-refractivity contribution in [3.05, 3.63) is 39.9 Å². The van der Waals surface area contributed by atoms with Crippen LogP contribution in [-0.2, 0) is 6.42 Å². The zero-order chi connectivity index (χ0) is 20.1. The minimum atomic E-state index is -0.772. The largest absolute Gasteiger partial charge is 0.501 e. The standard InChI is InChI=1S/C20H27N5O3/c1-12(14-5-3-2-4-6-14)23-19(27)16-17(26)20(28)25-18(24-16)15-11-13(7-9-21)8-10-22-15/h8,10-12,14,26H,2-7,9,21H2,1H3,(H,23,27)(H,24,25,28). The van der Waals surface area contributed by atoms with E-state index in [0.717, 1.165) is 31.2 Å². The molecule has 1 aliphatic carbocycles. The Morgan fingerprint density at radius 1 is 1.39 bits per heavy atom. The smallest absolute Gasteiger partial charge is 0.294 e. The van der Waals surface area contributed by atoms with Crippen LogP contribution >= 0.6 is 0 Å². The van der Waals surface area contributed by atoms with E-state index >= 15 is 0 Å². The minimum absolute atomic E-state index is 0.0530. The maximum absolute atomic E-state index is 12.7. The highest BCUT2D eigenvalue weighted by molar-refractivity contribution is 5.95. The Bertz CT molecular complexity index is 890. The van der Waals surface area contributed by atoms with Crippen molar-refractivity contribution < 1.29 is 9.90 Å². The maximum Gasteiger partial charge on any atom is 0.294 e. The summed E-state index contributed by atoms with van der Waals surface area (Å²) in [6.07, 6.45) is 7.94. The highest BCUT2D eigenvalue weighted by Crippen LogP contribution is 2.26. The molecule has 0 spiro atoms. The van der Waals surface area contributed by atoms with Crippen LogP contribution in [0.1, 0.15) is 55.1 Å². The van der Waals surface area contributed by atoms with E-state index in [0.29, 0.717) is 24.6 Å². The highest BCUT2D eigenvalue weighted by Gasteiger charge is 2.25. The Morgan fingerprint density at radius 3 is 2.86 bits per heavy atom. The fraction of sp³-hybridized carbons (Fsp3) is 0.500. The van der Waals surface area contributed by atoms with Crippen LogP contribution in [0.15, 0.2) is 23.1 Å². The monoisotopic (exact) mass is 385 g/mol. The lowest BCUT2D eigenvalue weighted by Gasteiger charge is -2.28. The van der Waals surface area contributed by atoms with Crippen molar-refractivity contribution in [3.8, 4) is 17.3 Å². The van der Waals surface area contributed by atoms with Crippen molar-refractivity contribution in [2.45, 2.75) is 51.5 Å². The number of carbonyl (C=O) groups excluding carboxylic acids is 1. The van der Waals surface area contributed by atoms with Gasteiger partial charge < -0.3 is 21.1 Å². The van der Waals surface area contributed by atoms with Crippen molar-refractivity contribution in [2.75, 3.05) is 6.54 Å². The predicted octanol–water partition coefficient (Wildman–Crippen LogP) is 1.74. The van der Waals surface area contributed by atoms with Crippen LogP contribution in [0.4, 0.5) is 0 Å². The second kappa shape index (κ2) is 8.97. The summed E-state index contributed by atoms with van der Waals surface area (Å²) in [4.78, 5) is 35.7. The van der Waals surface area contributed by atoms with Gasteiger partial charge in [-0.25, -0.2) is 4.98 Å². The van der Waals surface area contributed by atoms with Gasteiger partial charge in [-0.3, -0.25) is 14.6 Å². The summed E-state index contributed by atoms with van der Waals surface area (Å²) < 4.78 is 0. The number of carbonyl (C=O) groups is 1. The number of nitrogens with one attached hydrogen (secondary N) is 2. The summed E-state index contributed by atoms with van der Waals surface area (Å²) in [7, 11) is 0. The fourth-order valence-electron chi connectivity index (χ4n) is 3.70. The molecule has 3 rings (SSSR count). The molecule has 0 radical (unpaired) electrons. The summed E-state index contributed by atoms with van der Waals surface area (Å²) in [5, 5.41) is 13.0. The molecule has 28 heavy (non-hydrogen) atoms. The molecule has 8 heteroatoms. The quantitative estimate of drug-likeness (QED) is 0.598. The Balaban J connectivity index is 1.86. The Morgan fingerprint density at radius 2 is 2.14 bits per heavy atom. The predicted molar refractivity (Wildman–Crippen MR) is 106 cm³/mol. The molecular weight excluding hydrogens is 358 g/mol. The second-order valence-corrected chi connectivity index (χ2v) is 7.36. The molecule has 1 fully saturated rings. The number of aromatic hydroxyl groups is 1. The van der Waals surface area contributed by atoms with Gasteiger partial charge >= 0.3 is 0 Å². The van der Waals surface area contributed by atoms with E-state index in [2.05, 4.69) is 20.3 Å². The van der Waals surface area contributed by atoms with Crippen LogP contribution < -0.4 is 16.6 Å². The van der Waals surface area contributed by atoms with Gasteiger partial charge in [0, 0.05) is 12.2 Å². The molecule has 1 unspecified atom stereocenters. The number of H-pyrrole nitrogens is 1. The third-order valence-corrected chi connectivity index (χ3v) is 5.33. The van der Waals surface area contributed by atoms with E-state index in [4.69, 9.17) is 5.73 Å². The minimum Gasteiger partial charge on any atom is -0.501 e. The van der Waals surface area contributed by atoms with Gasteiger partial charge in [-0.05, 0) is 56.3 Å². The Kier molecular flexibility index (Phi) is 6.41. The van der Waals surface area contributed by atoms with Crippen molar-refractivity contribution in [3.63, 3.8) is 0 Å². The first kappa shape index (κ1) is 20.0. The van der Waals surface area contributed by atoms with Gasteiger partial charge in [-0.1, -0.05) is 19.3 Å². The molecule has 2 aromatic heterocycles. The van der Waals surface area contributed by atoms with E-state index in [9.17, 15) is 14.7 Å². The maximum atomic E-state index is 12.7. The molecule has 8 nitrogen and oxygen atoms in total. The number of amides is 1. The van der Waals surface area contributed by atoms with E-state index < -0.39 is 17.2 Å². The van der Waals surface area contributed by atoms with Crippen LogP contribution in [0.2, 0.25) is 0 Å². The number of pyridine rings is 1. The molecule has 1 aliphatic rings. The highest BCUT2D eigenvalue weighted by atomic mass is 16.3. The molecule has 0 aliphatic heterocycles. The molecule has 2 aromatic rings. The zero-order valence-electron chi connectivity index (χ0n) is 16.1. The molecule has 0 aromatic carbocycles.